The maximum Gasteiger partial charge on any atom is 0.125 e. The van der Waals surface area contributed by atoms with Gasteiger partial charge in [-0.1, -0.05) is 30.3 Å². The van der Waals surface area contributed by atoms with Crippen LogP contribution in [-0.2, 0) is 6.42 Å². The Hall–Kier alpha value is -2.27. The van der Waals surface area contributed by atoms with Crippen LogP contribution in [-0.4, -0.2) is 6.61 Å². The number of nitrogens with zero attached hydrogens (tertiary/aromatic N) is 1. The Morgan fingerprint density at radius 1 is 1.00 bits per heavy atom. The lowest BCUT2D eigenvalue weighted by Crippen LogP contribution is -2.03. The molecule has 0 atom stereocenters. The van der Waals surface area contributed by atoms with Crippen molar-refractivity contribution < 1.29 is 4.74 Å². The standard InChI is InChI=1S/C17H17NO/c1-13-4-3-5-14(2)17(13)19-11-10-15-6-8-16(12-18)9-7-15/h3-9H,10-11H2,1-2H3. The van der Waals surface area contributed by atoms with Crippen LogP contribution in [0.25, 0.3) is 0 Å². The Balaban J connectivity index is 1.95. The topological polar surface area (TPSA) is 33.0 Å². The van der Waals surface area contributed by atoms with Crippen LogP contribution in [0.3, 0.4) is 0 Å². The molecule has 0 amide bonds. The maximum atomic E-state index is 8.74. The van der Waals surface area contributed by atoms with Gasteiger partial charge in [-0.3, -0.25) is 0 Å². The summed E-state index contributed by atoms with van der Waals surface area (Å²) >= 11 is 0. The van der Waals surface area contributed by atoms with Crippen LogP contribution in [0.1, 0.15) is 22.3 Å². The van der Waals surface area contributed by atoms with Crippen molar-refractivity contribution in [2.24, 2.45) is 0 Å². The van der Waals surface area contributed by atoms with Gasteiger partial charge in [0.25, 0.3) is 0 Å². The summed E-state index contributed by atoms with van der Waals surface area (Å²) < 4.78 is 5.86. The van der Waals surface area contributed by atoms with Gasteiger partial charge in [0.15, 0.2) is 0 Å². The van der Waals surface area contributed by atoms with Crippen LogP contribution in [0.4, 0.5) is 0 Å². The molecule has 0 aliphatic rings. The van der Waals surface area contributed by atoms with Crippen molar-refractivity contribution in [3.8, 4) is 11.8 Å². The molecule has 2 heteroatoms. The molecule has 0 aliphatic heterocycles. The average Bonchev–Trinajstić information content (AvgIpc) is 2.43. The largest absolute Gasteiger partial charge is 0.493 e. The van der Waals surface area contributed by atoms with Crippen molar-refractivity contribution in [1.29, 1.82) is 5.26 Å². The highest BCUT2D eigenvalue weighted by atomic mass is 16.5. The molecular formula is C17H17NO. The lowest BCUT2D eigenvalue weighted by atomic mass is 10.1. The quantitative estimate of drug-likeness (QED) is 0.828. The first kappa shape index (κ1) is 13.2. The molecule has 0 fully saturated rings. The van der Waals surface area contributed by atoms with Gasteiger partial charge < -0.3 is 4.74 Å². The molecule has 0 saturated heterocycles. The average molecular weight is 251 g/mol. The molecule has 0 bridgehead atoms. The third kappa shape index (κ3) is 3.35. The Morgan fingerprint density at radius 3 is 2.21 bits per heavy atom. The monoisotopic (exact) mass is 251 g/mol. The minimum Gasteiger partial charge on any atom is -0.493 e. The smallest absolute Gasteiger partial charge is 0.125 e. The SMILES string of the molecule is Cc1cccc(C)c1OCCc1ccc(C#N)cc1. The van der Waals surface area contributed by atoms with Gasteiger partial charge in [-0.25, -0.2) is 0 Å². The first-order valence-corrected chi connectivity index (χ1v) is 6.39. The van der Waals surface area contributed by atoms with Crippen LogP contribution in [0.2, 0.25) is 0 Å². The second-order valence-corrected chi connectivity index (χ2v) is 4.63. The molecule has 0 N–H and O–H groups in total. The molecule has 19 heavy (non-hydrogen) atoms. The molecule has 0 aliphatic carbocycles. The third-order valence-electron chi connectivity index (χ3n) is 3.13. The summed E-state index contributed by atoms with van der Waals surface area (Å²) in [5, 5.41) is 8.74. The summed E-state index contributed by atoms with van der Waals surface area (Å²) in [6.45, 7) is 4.77. The van der Waals surface area contributed by atoms with E-state index < -0.39 is 0 Å². The highest BCUT2D eigenvalue weighted by molar-refractivity contribution is 5.39. The molecule has 0 radical (unpaired) electrons. The Kier molecular flexibility index (Phi) is 4.20. The number of hydrogen-bond donors (Lipinski definition) is 0. The second kappa shape index (κ2) is 6.06. The van der Waals surface area contributed by atoms with Crippen LogP contribution in [0.5, 0.6) is 5.75 Å². The van der Waals surface area contributed by atoms with Crippen molar-refractivity contribution in [2.75, 3.05) is 6.61 Å². The number of aryl methyl sites for hydroxylation is 2. The number of rotatable bonds is 4. The van der Waals surface area contributed by atoms with E-state index in [-0.39, 0.29) is 0 Å². The highest BCUT2D eigenvalue weighted by Gasteiger charge is 2.03. The van der Waals surface area contributed by atoms with Crippen LogP contribution < -0.4 is 4.74 Å². The number of hydrogen-bond acceptors (Lipinski definition) is 2. The van der Waals surface area contributed by atoms with Crippen molar-refractivity contribution in [2.45, 2.75) is 20.3 Å². The zero-order valence-corrected chi connectivity index (χ0v) is 11.3. The van der Waals surface area contributed by atoms with E-state index in [1.165, 1.54) is 16.7 Å². The van der Waals surface area contributed by atoms with Gasteiger partial charge in [0.1, 0.15) is 5.75 Å². The second-order valence-electron chi connectivity index (χ2n) is 4.63. The molecule has 0 spiro atoms. The van der Waals surface area contributed by atoms with E-state index in [2.05, 4.69) is 32.0 Å². The molecule has 0 heterocycles. The molecular weight excluding hydrogens is 234 g/mol. The predicted molar refractivity (Wildman–Crippen MR) is 76.3 cm³/mol. The van der Waals surface area contributed by atoms with Gasteiger partial charge in [-0.15, -0.1) is 0 Å². The van der Waals surface area contributed by atoms with Crippen LogP contribution >= 0.6 is 0 Å². The lowest BCUT2D eigenvalue weighted by Gasteiger charge is -2.11. The zero-order chi connectivity index (χ0) is 13.7. The molecule has 2 aromatic rings. The first-order chi connectivity index (χ1) is 9.20. The highest BCUT2D eigenvalue weighted by Crippen LogP contribution is 2.22. The summed E-state index contributed by atoms with van der Waals surface area (Å²) in [4.78, 5) is 0. The summed E-state index contributed by atoms with van der Waals surface area (Å²) in [5.74, 6) is 0.983. The van der Waals surface area contributed by atoms with E-state index >= 15 is 0 Å². The van der Waals surface area contributed by atoms with Crippen molar-refractivity contribution in [3.05, 3.63) is 64.7 Å². The van der Waals surface area contributed by atoms with E-state index in [1.807, 2.05) is 30.3 Å². The Morgan fingerprint density at radius 2 is 1.63 bits per heavy atom. The predicted octanol–water partition coefficient (Wildman–Crippen LogP) is 3.80. The summed E-state index contributed by atoms with van der Waals surface area (Å²) in [6.07, 6.45) is 0.847. The van der Waals surface area contributed by atoms with Gasteiger partial charge in [0.2, 0.25) is 0 Å². The van der Waals surface area contributed by atoms with Gasteiger partial charge in [-0.05, 0) is 42.7 Å². The van der Waals surface area contributed by atoms with E-state index in [0.717, 1.165) is 12.2 Å². The fourth-order valence-electron chi connectivity index (χ4n) is 2.04. The normalized spacial score (nSPS) is 9.95. The minimum absolute atomic E-state index is 0.650. The maximum absolute atomic E-state index is 8.74. The molecule has 0 unspecified atom stereocenters. The van der Waals surface area contributed by atoms with E-state index in [1.54, 1.807) is 0 Å². The fourth-order valence-corrected chi connectivity index (χ4v) is 2.04. The minimum atomic E-state index is 0.650. The summed E-state index contributed by atoms with van der Waals surface area (Å²) in [7, 11) is 0. The van der Waals surface area contributed by atoms with Gasteiger partial charge in [-0.2, -0.15) is 5.26 Å². The number of benzene rings is 2. The van der Waals surface area contributed by atoms with E-state index in [4.69, 9.17) is 10.00 Å². The van der Waals surface area contributed by atoms with Crippen molar-refractivity contribution >= 4 is 0 Å². The van der Waals surface area contributed by atoms with Gasteiger partial charge in [0.05, 0.1) is 18.2 Å². The lowest BCUT2D eigenvalue weighted by molar-refractivity contribution is 0.317. The van der Waals surface area contributed by atoms with Gasteiger partial charge >= 0.3 is 0 Å². The Bertz CT molecular complexity index is 573. The Labute approximate surface area is 114 Å². The van der Waals surface area contributed by atoms with Crippen LogP contribution in [0.15, 0.2) is 42.5 Å². The molecule has 2 nitrogen and oxygen atoms in total. The summed E-state index contributed by atoms with van der Waals surface area (Å²) in [6, 6.07) is 15.9. The van der Waals surface area contributed by atoms with E-state index in [9.17, 15) is 0 Å². The zero-order valence-electron chi connectivity index (χ0n) is 11.3. The molecule has 0 aromatic heterocycles. The number of nitriles is 1. The number of ether oxygens (including phenoxy) is 1. The number of para-hydroxylation sites is 1. The van der Waals surface area contributed by atoms with E-state index in [0.29, 0.717) is 12.2 Å². The molecule has 2 rings (SSSR count). The van der Waals surface area contributed by atoms with Crippen LogP contribution in [0, 0.1) is 25.2 Å². The first-order valence-electron chi connectivity index (χ1n) is 6.39. The van der Waals surface area contributed by atoms with Gasteiger partial charge in [0, 0.05) is 6.42 Å². The molecule has 0 saturated carbocycles. The van der Waals surface area contributed by atoms with Crippen molar-refractivity contribution in [3.63, 3.8) is 0 Å². The molecule has 96 valence electrons. The van der Waals surface area contributed by atoms with Crippen molar-refractivity contribution in [1.82, 2.24) is 0 Å². The fraction of sp³-hybridized carbons (Fsp3) is 0.235. The summed E-state index contributed by atoms with van der Waals surface area (Å²) in [5.41, 5.74) is 4.21. The molecule has 2 aromatic carbocycles. The third-order valence-corrected chi connectivity index (χ3v) is 3.13.